The van der Waals surface area contributed by atoms with Crippen molar-refractivity contribution in [3.05, 3.63) is 35.7 Å². The molecule has 0 spiro atoms. The number of ether oxygens (including phenoxy) is 3. The lowest BCUT2D eigenvalue weighted by molar-refractivity contribution is -0.139. The molecular formula is C14H13N5O4. The quantitative estimate of drug-likeness (QED) is 0.611. The number of rotatable bonds is 4. The lowest BCUT2D eigenvalue weighted by Gasteiger charge is -2.02. The van der Waals surface area contributed by atoms with Crippen molar-refractivity contribution < 1.29 is 19.0 Å². The molecule has 0 saturated heterocycles. The van der Waals surface area contributed by atoms with Crippen LogP contribution < -0.4 is 20.9 Å². The first-order chi connectivity index (χ1) is 11.1. The van der Waals surface area contributed by atoms with E-state index in [2.05, 4.69) is 15.0 Å². The maximum Gasteiger partial charge on any atom is 0.331 e. The Bertz CT molecular complexity index is 758. The number of fused-ring (bicyclic) bond motifs is 1. The fourth-order valence-corrected chi connectivity index (χ4v) is 1.89. The Morgan fingerprint density at radius 1 is 1.17 bits per heavy atom. The van der Waals surface area contributed by atoms with Crippen molar-refractivity contribution in [1.29, 1.82) is 0 Å². The number of hydrogen-bond acceptors (Lipinski definition) is 9. The van der Waals surface area contributed by atoms with Crippen LogP contribution in [0.3, 0.4) is 0 Å². The summed E-state index contributed by atoms with van der Waals surface area (Å²) in [6.07, 6.45) is 2.88. The summed E-state index contributed by atoms with van der Waals surface area (Å²) in [7, 11) is 0. The fraction of sp³-hybridized carbons (Fsp3) is 0.143. The molecule has 0 bridgehead atoms. The SMILES string of the molecule is Nc1nc(N)nc(COC(=O)/C=C/c2ccc3c(c2)OCO3)n1. The van der Waals surface area contributed by atoms with Crippen molar-refractivity contribution in [2.45, 2.75) is 6.61 Å². The van der Waals surface area contributed by atoms with Gasteiger partial charge in [-0.1, -0.05) is 6.07 Å². The maximum absolute atomic E-state index is 11.7. The number of nitrogen functional groups attached to an aromatic ring is 2. The van der Waals surface area contributed by atoms with E-state index in [-0.39, 0.29) is 31.1 Å². The van der Waals surface area contributed by atoms with Crippen LogP contribution >= 0.6 is 0 Å². The summed E-state index contributed by atoms with van der Waals surface area (Å²) in [5.74, 6) is 0.880. The van der Waals surface area contributed by atoms with Crippen molar-refractivity contribution in [3.63, 3.8) is 0 Å². The zero-order valence-corrected chi connectivity index (χ0v) is 11.9. The summed E-state index contributed by atoms with van der Waals surface area (Å²) >= 11 is 0. The second-order valence-corrected chi connectivity index (χ2v) is 4.52. The zero-order chi connectivity index (χ0) is 16.2. The molecule has 1 aromatic carbocycles. The highest BCUT2D eigenvalue weighted by Crippen LogP contribution is 2.32. The Hall–Kier alpha value is -3.36. The van der Waals surface area contributed by atoms with Crippen LogP contribution in [0.4, 0.5) is 11.9 Å². The molecule has 0 saturated carbocycles. The smallest absolute Gasteiger partial charge is 0.331 e. The molecule has 1 aromatic heterocycles. The number of benzene rings is 1. The number of nitrogens with zero attached hydrogens (tertiary/aromatic N) is 3. The molecule has 0 fully saturated rings. The van der Waals surface area contributed by atoms with Crippen molar-refractivity contribution in [3.8, 4) is 11.5 Å². The highest BCUT2D eigenvalue weighted by atomic mass is 16.7. The van der Waals surface area contributed by atoms with E-state index in [1.54, 1.807) is 24.3 Å². The summed E-state index contributed by atoms with van der Waals surface area (Å²) in [4.78, 5) is 22.9. The molecule has 0 aliphatic carbocycles. The van der Waals surface area contributed by atoms with Gasteiger partial charge in [-0.05, 0) is 23.8 Å². The van der Waals surface area contributed by atoms with E-state index in [1.807, 2.05) is 0 Å². The van der Waals surface area contributed by atoms with Gasteiger partial charge < -0.3 is 25.7 Å². The molecule has 1 aliphatic heterocycles. The molecule has 9 heteroatoms. The second kappa shape index (κ2) is 6.18. The van der Waals surface area contributed by atoms with Gasteiger partial charge in [0.25, 0.3) is 0 Å². The zero-order valence-electron chi connectivity index (χ0n) is 11.9. The molecular weight excluding hydrogens is 302 g/mol. The molecule has 3 rings (SSSR count). The van der Waals surface area contributed by atoms with E-state index in [0.29, 0.717) is 11.5 Å². The van der Waals surface area contributed by atoms with Gasteiger partial charge >= 0.3 is 5.97 Å². The monoisotopic (exact) mass is 315 g/mol. The number of aromatic nitrogens is 3. The Labute approximate surface area is 130 Å². The van der Waals surface area contributed by atoms with E-state index in [0.717, 1.165) is 5.56 Å². The normalized spacial score (nSPS) is 12.5. The number of anilines is 2. The summed E-state index contributed by atoms with van der Waals surface area (Å²) < 4.78 is 15.5. The Balaban J connectivity index is 1.58. The molecule has 23 heavy (non-hydrogen) atoms. The third kappa shape index (κ3) is 3.64. The standard InChI is InChI=1S/C14H13N5O4/c15-13-17-11(18-14(16)19-13)6-21-12(20)4-2-8-1-3-9-10(5-8)23-7-22-9/h1-5H,6-7H2,(H4,15,16,17,18,19)/b4-2+. The van der Waals surface area contributed by atoms with Crippen LogP contribution in [0.1, 0.15) is 11.4 Å². The summed E-state index contributed by atoms with van der Waals surface area (Å²) in [6, 6.07) is 5.33. The second-order valence-electron chi connectivity index (χ2n) is 4.52. The molecule has 9 nitrogen and oxygen atoms in total. The van der Waals surface area contributed by atoms with Crippen molar-refractivity contribution in [2.75, 3.05) is 18.3 Å². The topological polar surface area (TPSA) is 135 Å². The predicted molar refractivity (Wildman–Crippen MR) is 80.0 cm³/mol. The lowest BCUT2D eigenvalue weighted by atomic mass is 10.2. The van der Waals surface area contributed by atoms with E-state index in [1.165, 1.54) is 6.08 Å². The van der Waals surface area contributed by atoms with Crippen LogP contribution in [-0.2, 0) is 16.1 Å². The average Bonchev–Trinajstić information content (AvgIpc) is 2.97. The summed E-state index contributed by atoms with van der Waals surface area (Å²) in [5, 5.41) is 0. The Kier molecular flexibility index (Phi) is 3.91. The molecule has 1 aliphatic rings. The van der Waals surface area contributed by atoms with Crippen LogP contribution in [-0.4, -0.2) is 27.7 Å². The molecule has 0 atom stereocenters. The van der Waals surface area contributed by atoms with Crippen LogP contribution in [0.15, 0.2) is 24.3 Å². The van der Waals surface area contributed by atoms with Gasteiger partial charge in [-0.3, -0.25) is 0 Å². The number of carbonyl (C=O) groups excluding carboxylic acids is 1. The van der Waals surface area contributed by atoms with Crippen LogP contribution in [0.25, 0.3) is 6.08 Å². The van der Waals surface area contributed by atoms with Crippen molar-refractivity contribution in [1.82, 2.24) is 15.0 Å². The predicted octanol–water partition coefficient (Wildman–Crippen LogP) is 0.521. The highest BCUT2D eigenvalue weighted by molar-refractivity contribution is 5.87. The fourth-order valence-electron chi connectivity index (χ4n) is 1.89. The maximum atomic E-state index is 11.7. The number of nitrogens with two attached hydrogens (primary N) is 2. The molecule has 0 amide bonds. The van der Waals surface area contributed by atoms with Crippen molar-refractivity contribution >= 4 is 23.9 Å². The van der Waals surface area contributed by atoms with E-state index >= 15 is 0 Å². The van der Waals surface area contributed by atoms with E-state index in [9.17, 15) is 4.79 Å². The molecule has 4 N–H and O–H groups in total. The minimum atomic E-state index is -0.555. The summed E-state index contributed by atoms with van der Waals surface area (Å²) in [6.45, 7) is 0.0456. The largest absolute Gasteiger partial charge is 0.454 e. The van der Waals surface area contributed by atoms with E-state index < -0.39 is 5.97 Å². The van der Waals surface area contributed by atoms with Gasteiger partial charge in [0.05, 0.1) is 0 Å². The van der Waals surface area contributed by atoms with Crippen molar-refractivity contribution in [2.24, 2.45) is 0 Å². The average molecular weight is 315 g/mol. The lowest BCUT2D eigenvalue weighted by Crippen LogP contribution is -2.09. The third-order valence-electron chi connectivity index (χ3n) is 2.87. The van der Waals surface area contributed by atoms with Crippen LogP contribution in [0.2, 0.25) is 0 Å². The first-order valence-electron chi connectivity index (χ1n) is 6.60. The van der Waals surface area contributed by atoms with Gasteiger partial charge in [-0.2, -0.15) is 15.0 Å². The molecule has 0 unspecified atom stereocenters. The van der Waals surface area contributed by atoms with Gasteiger partial charge in [-0.25, -0.2) is 4.79 Å². The van der Waals surface area contributed by atoms with Gasteiger partial charge in [0, 0.05) is 6.08 Å². The number of hydrogen-bond donors (Lipinski definition) is 2. The first-order valence-corrected chi connectivity index (χ1v) is 6.60. The number of carbonyl (C=O) groups is 1. The number of esters is 1. The minimum Gasteiger partial charge on any atom is -0.454 e. The highest BCUT2D eigenvalue weighted by Gasteiger charge is 2.12. The summed E-state index contributed by atoms with van der Waals surface area (Å²) in [5.41, 5.74) is 11.6. The third-order valence-corrected chi connectivity index (χ3v) is 2.87. The van der Waals surface area contributed by atoms with E-state index in [4.69, 9.17) is 25.7 Å². The Morgan fingerprint density at radius 3 is 2.70 bits per heavy atom. The van der Waals surface area contributed by atoms with Gasteiger partial charge in [0.15, 0.2) is 23.9 Å². The first kappa shape index (κ1) is 14.6. The minimum absolute atomic E-state index is 0.0283. The Morgan fingerprint density at radius 2 is 1.91 bits per heavy atom. The molecule has 2 heterocycles. The van der Waals surface area contributed by atoms with Gasteiger partial charge in [0.1, 0.15) is 0 Å². The van der Waals surface area contributed by atoms with Crippen LogP contribution in [0.5, 0.6) is 11.5 Å². The molecule has 118 valence electrons. The molecule has 0 radical (unpaired) electrons. The van der Waals surface area contributed by atoms with Gasteiger partial charge in [-0.15, -0.1) is 0 Å². The van der Waals surface area contributed by atoms with Gasteiger partial charge in [0.2, 0.25) is 18.7 Å². The van der Waals surface area contributed by atoms with Crippen LogP contribution in [0, 0.1) is 0 Å². The molecule has 2 aromatic rings.